The fourth-order valence-corrected chi connectivity index (χ4v) is 4.14. The van der Waals surface area contributed by atoms with Crippen LogP contribution in [0.5, 0.6) is 0 Å². The highest BCUT2D eigenvalue weighted by atomic mass is 16.3. The quantitative estimate of drug-likeness (QED) is 0.831. The second-order valence-corrected chi connectivity index (χ2v) is 8.27. The molecule has 1 N–H and O–H groups in total. The van der Waals surface area contributed by atoms with Crippen LogP contribution in [0.1, 0.15) is 33.1 Å². The molecule has 3 fully saturated rings. The minimum absolute atomic E-state index is 0.189. The molecule has 126 valence electrons. The molecule has 0 bridgehead atoms. The monoisotopic (exact) mass is 309 g/mol. The van der Waals surface area contributed by atoms with Crippen LogP contribution in [0.4, 0.5) is 0 Å². The average Bonchev–Trinajstić information content (AvgIpc) is 3.24. The normalized spacial score (nSPS) is 33.9. The summed E-state index contributed by atoms with van der Waals surface area (Å²) in [6.45, 7) is 10.0. The summed E-state index contributed by atoms with van der Waals surface area (Å²) in [6.07, 6.45) is 3.35. The molecule has 0 spiro atoms. The molecule has 1 atom stereocenters. The number of likely N-dealkylation sites (tertiary alicyclic amines) is 1. The zero-order valence-corrected chi connectivity index (χ0v) is 14.3. The number of likely N-dealkylation sites (N-methyl/N-ethyl adjacent to an activating group) is 1. The van der Waals surface area contributed by atoms with Crippen molar-refractivity contribution in [3.63, 3.8) is 0 Å². The van der Waals surface area contributed by atoms with Crippen LogP contribution < -0.4 is 0 Å². The summed E-state index contributed by atoms with van der Waals surface area (Å²) in [7, 11) is 2.14. The number of aliphatic hydroxyl groups is 1. The Morgan fingerprint density at radius 1 is 1.14 bits per heavy atom. The van der Waals surface area contributed by atoms with E-state index in [-0.39, 0.29) is 11.3 Å². The van der Waals surface area contributed by atoms with Gasteiger partial charge in [-0.3, -0.25) is 9.69 Å². The van der Waals surface area contributed by atoms with Crippen molar-refractivity contribution < 1.29 is 9.90 Å². The third-order valence-electron chi connectivity index (χ3n) is 5.97. The Labute approximate surface area is 134 Å². The molecule has 1 saturated carbocycles. The number of nitrogens with zero attached hydrogens (tertiary/aromatic N) is 3. The lowest BCUT2D eigenvalue weighted by molar-refractivity contribution is -0.132. The van der Waals surface area contributed by atoms with E-state index in [0.29, 0.717) is 25.6 Å². The Hall–Kier alpha value is -0.650. The lowest BCUT2D eigenvalue weighted by atomic mass is 9.75. The molecule has 0 radical (unpaired) electrons. The number of amides is 1. The largest absolute Gasteiger partial charge is 0.387 e. The van der Waals surface area contributed by atoms with E-state index < -0.39 is 5.60 Å². The van der Waals surface area contributed by atoms with Gasteiger partial charge in [0.1, 0.15) is 0 Å². The van der Waals surface area contributed by atoms with Gasteiger partial charge in [-0.15, -0.1) is 0 Å². The van der Waals surface area contributed by atoms with E-state index in [1.807, 2.05) is 4.90 Å². The number of rotatable bonds is 3. The van der Waals surface area contributed by atoms with E-state index in [0.717, 1.165) is 45.4 Å². The maximum Gasteiger partial charge on any atom is 0.236 e. The molecule has 0 aromatic carbocycles. The van der Waals surface area contributed by atoms with Crippen molar-refractivity contribution in [1.29, 1.82) is 0 Å². The first-order valence-electron chi connectivity index (χ1n) is 8.73. The summed E-state index contributed by atoms with van der Waals surface area (Å²) in [5.41, 5.74) is -0.871. The van der Waals surface area contributed by atoms with Crippen molar-refractivity contribution in [2.45, 2.75) is 38.7 Å². The molecule has 1 amide bonds. The number of hydrogen-bond donors (Lipinski definition) is 1. The van der Waals surface area contributed by atoms with Gasteiger partial charge in [-0.05, 0) is 45.3 Å². The molecule has 22 heavy (non-hydrogen) atoms. The van der Waals surface area contributed by atoms with Gasteiger partial charge in [0.05, 0.1) is 18.7 Å². The third-order valence-corrected chi connectivity index (χ3v) is 5.97. The summed E-state index contributed by atoms with van der Waals surface area (Å²) in [5.74, 6) is 0.585. The second-order valence-electron chi connectivity index (χ2n) is 8.27. The van der Waals surface area contributed by atoms with Crippen LogP contribution in [0.3, 0.4) is 0 Å². The van der Waals surface area contributed by atoms with Crippen LogP contribution >= 0.6 is 0 Å². The van der Waals surface area contributed by atoms with Gasteiger partial charge in [-0.1, -0.05) is 13.8 Å². The first-order valence-corrected chi connectivity index (χ1v) is 8.73. The van der Waals surface area contributed by atoms with Crippen molar-refractivity contribution in [1.82, 2.24) is 14.7 Å². The van der Waals surface area contributed by atoms with Gasteiger partial charge in [-0.25, -0.2) is 0 Å². The van der Waals surface area contributed by atoms with E-state index in [4.69, 9.17) is 0 Å². The number of hydrogen-bond acceptors (Lipinski definition) is 4. The Balaban J connectivity index is 1.59. The van der Waals surface area contributed by atoms with Crippen LogP contribution in [0.25, 0.3) is 0 Å². The fourth-order valence-electron chi connectivity index (χ4n) is 4.14. The standard InChI is InChI=1S/C17H31N3O2/c1-16(2)12-20(13-17(16,22)14-5-6-14)15(21)11-19-8-4-7-18(3)9-10-19/h14,22H,4-13H2,1-3H3/t17-/m1/s1. The molecule has 3 rings (SSSR count). The third kappa shape index (κ3) is 3.03. The van der Waals surface area contributed by atoms with Crippen molar-refractivity contribution >= 4 is 5.91 Å². The van der Waals surface area contributed by atoms with Crippen LogP contribution in [-0.2, 0) is 4.79 Å². The van der Waals surface area contributed by atoms with Crippen molar-refractivity contribution in [2.75, 3.05) is 52.9 Å². The molecule has 0 aromatic rings. The summed E-state index contributed by atoms with van der Waals surface area (Å²) in [5, 5.41) is 11.0. The maximum absolute atomic E-state index is 12.7. The molecular weight excluding hydrogens is 278 g/mol. The van der Waals surface area contributed by atoms with Gasteiger partial charge in [0.15, 0.2) is 0 Å². The Morgan fingerprint density at radius 3 is 2.55 bits per heavy atom. The van der Waals surface area contributed by atoms with Crippen LogP contribution in [0.2, 0.25) is 0 Å². The number of β-amino-alcohol motifs (C(OH)–C–C–N with tert-alkyl or cyclic N) is 1. The van der Waals surface area contributed by atoms with E-state index in [1.165, 1.54) is 0 Å². The van der Waals surface area contributed by atoms with Gasteiger partial charge in [0.2, 0.25) is 5.91 Å². The van der Waals surface area contributed by atoms with Gasteiger partial charge >= 0.3 is 0 Å². The van der Waals surface area contributed by atoms with Crippen molar-refractivity contribution in [3.8, 4) is 0 Å². The van der Waals surface area contributed by atoms with Crippen LogP contribution in [0, 0.1) is 11.3 Å². The Bertz CT molecular complexity index is 436. The predicted octanol–water partition coefficient (Wildman–Crippen LogP) is 0.633. The molecule has 1 aliphatic carbocycles. The molecule has 2 saturated heterocycles. The smallest absolute Gasteiger partial charge is 0.236 e. The topological polar surface area (TPSA) is 47.0 Å². The van der Waals surface area contributed by atoms with E-state index in [1.54, 1.807) is 0 Å². The van der Waals surface area contributed by atoms with E-state index in [9.17, 15) is 9.90 Å². The lowest BCUT2D eigenvalue weighted by Crippen LogP contribution is -2.46. The van der Waals surface area contributed by atoms with Gasteiger partial charge in [0.25, 0.3) is 0 Å². The molecular formula is C17H31N3O2. The van der Waals surface area contributed by atoms with E-state index in [2.05, 4.69) is 30.7 Å². The molecule has 5 nitrogen and oxygen atoms in total. The van der Waals surface area contributed by atoms with Crippen molar-refractivity contribution in [3.05, 3.63) is 0 Å². The van der Waals surface area contributed by atoms with Crippen LogP contribution in [0.15, 0.2) is 0 Å². The average molecular weight is 309 g/mol. The Morgan fingerprint density at radius 2 is 1.86 bits per heavy atom. The molecule has 2 heterocycles. The Kier molecular flexibility index (Phi) is 4.25. The zero-order chi connectivity index (χ0) is 16.0. The SMILES string of the molecule is CN1CCCN(CC(=O)N2CC(C)(C)[C@](O)(C3CC3)C2)CC1. The summed E-state index contributed by atoms with van der Waals surface area (Å²) in [4.78, 5) is 19.2. The number of carbonyl (C=O) groups excluding carboxylic acids is 1. The first kappa shape index (κ1) is 16.2. The molecule has 5 heteroatoms. The summed E-state index contributed by atoms with van der Waals surface area (Å²) >= 11 is 0. The lowest BCUT2D eigenvalue weighted by Gasteiger charge is -2.35. The first-order chi connectivity index (χ1) is 10.3. The molecule has 0 unspecified atom stereocenters. The summed E-state index contributed by atoms with van der Waals surface area (Å²) < 4.78 is 0. The van der Waals surface area contributed by atoms with Gasteiger partial charge in [-0.2, -0.15) is 0 Å². The fraction of sp³-hybridized carbons (Fsp3) is 0.941. The predicted molar refractivity (Wildman–Crippen MR) is 86.6 cm³/mol. The van der Waals surface area contributed by atoms with E-state index >= 15 is 0 Å². The van der Waals surface area contributed by atoms with Gasteiger partial charge < -0.3 is 14.9 Å². The molecule has 2 aliphatic heterocycles. The summed E-state index contributed by atoms with van der Waals surface area (Å²) in [6, 6.07) is 0. The minimum atomic E-state index is -0.679. The highest BCUT2D eigenvalue weighted by molar-refractivity contribution is 5.79. The van der Waals surface area contributed by atoms with Gasteiger partial charge in [0, 0.05) is 25.0 Å². The highest BCUT2D eigenvalue weighted by Gasteiger charge is 2.59. The maximum atomic E-state index is 12.7. The zero-order valence-electron chi connectivity index (χ0n) is 14.3. The van der Waals surface area contributed by atoms with Crippen molar-refractivity contribution in [2.24, 2.45) is 11.3 Å². The second kappa shape index (κ2) is 5.77. The number of carbonyl (C=O) groups is 1. The van der Waals surface area contributed by atoms with Crippen LogP contribution in [-0.4, -0.2) is 84.2 Å². The molecule has 3 aliphatic rings. The minimum Gasteiger partial charge on any atom is -0.387 e. The molecule has 0 aromatic heterocycles. The highest BCUT2D eigenvalue weighted by Crippen LogP contribution is 2.52.